The summed E-state index contributed by atoms with van der Waals surface area (Å²) in [4.78, 5) is 15.7. The molecule has 2 aromatic carbocycles. The highest BCUT2D eigenvalue weighted by Crippen LogP contribution is 2.15. The summed E-state index contributed by atoms with van der Waals surface area (Å²) in [5.74, 6) is -0.290. The second-order valence-corrected chi connectivity index (χ2v) is 5.05. The van der Waals surface area contributed by atoms with E-state index < -0.39 is 0 Å². The lowest BCUT2D eigenvalue weighted by Gasteiger charge is -2.06. The van der Waals surface area contributed by atoms with Crippen LogP contribution in [0.1, 0.15) is 15.9 Å². The van der Waals surface area contributed by atoms with E-state index in [0.29, 0.717) is 5.56 Å². The quantitative estimate of drug-likeness (QED) is 0.558. The first kappa shape index (κ1) is 15.4. The molecule has 5 nitrogen and oxygen atoms in total. The van der Waals surface area contributed by atoms with Gasteiger partial charge in [0.2, 0.25) is 0 Å². The Bertz CT molecular complexity index is 815. The molecule has 0 aliphatic carbocycles. The number of aromatic nitrogens is 1. The molecule has 0 spiro atoms. The van der Waals surface area contributed by atoms with Gasteiger partial charge in [0.1, 0.15) is 0 Å². The van der Waals surface area contributed by atoms with Crippen LogP contribution in [0.4, 0.5) is 11.4 Å². The van der Waals surface area contributed by atoms with Crippen molar-refractivity contribution in [3.63, 3.8) is 0 Å². The molecule has 118 valence electrons. The van der Waals surface area contributed by atoms with E-state index in [9.17, 15) is 4.79 Å². The van der Waals surface area contributed by atoms with Crippen molar-refractivity contribution in [1.29, 1.82) is 0 Å². The molecular formula is C19H16N4O. The summed E-state index contributed by atoms with van der Waals surface area (Å²) >= 11 is 0. The number of hydrazone groups is 1. The molecular weight excluding hydrogens is 300 g/mol. The van der Waals surface area contributed by atoms with Gasteiger partial charge in [0.15, 0.2) is 0 Å². The molecule has 0 saturated carbocycles. The highest BCUT2D eigenvalue weighted by molar-refractivity contribution is 5.94. The topological polar surface area (TPSA) is 66.4 Å². The molecule has 2 N–H and O–H groups in total. The van der Waals surface area contributed by atoms with Crippen molar-refractivity contribution in [2.75, 3.05) is 5.32 Å². The number of hydrogen-bond donors (Lipinski definition) is 2. The van der Waals surface area contributed by atoms with Crippen molar-refractivity contribution >= 4 is 23.5 Å². The fraction of sp³-hybridized carbons (Fsp3) is 0. The first-order valence-electron chi connectivity index (χ1n) is 7.47. The standard InChI is InChI=1S/C19H16N4O/c24-19(16-5-4-12-20-14-16)23-21-13-15-8-10-18(11-9-15)22-17-6-2-1-3-7-17/h1-14,22H,(H,23,24)/b21-13+. The summed E-state index contributed by atoms with van der Waals surface area (Å²) in [5, 5.41) is 7.26. The predicted octanol–water partition coefficient (Wildman–Crippen LogP) is 3.59. The number of pyridine rings is 1. The first-order valence-corrected chi connectivity index (χ1v) is 7.47. The number of nitrogens with one attached hydrogen (secondary N) is 2. The van der Waals surface area contributed by atoms with Crippen LogP contribution >= 0.6 is 0 Å². The van der Waals surface area contributed by atoms with E-state index in [4.69, 9.17) is 0 Å². The zero-order valence-corrected chi connectivity index (χ0v) is 12.9. The van der Waals surface area contributed by atoms with Gasteiger partial charge in [-0.25, -0.2) is 5.43 Å². The molecule has 0 atom stereocenters. The number of carbonyl (C=O) groups is 1. The van der Waals surface area contributed by atoms with Gasteiger partial charge in [-0.2, -0.15) is 5.10 Å². The Hall–Kier alpha value is -3.47. The number of anilines is 2. The van der Waals surface area contributed by atoms with E-state index in [1.807, 2.05) is 54.6 Å². The summed E-state index contributed by atoms with van der Waals surface area (Å²) in [6, 6.07) is 21.1. The number of amides is 1. The molecule has 0 radical (unpaired) electrons. The lowest BCUT2D eigenvalue weighted by molar-refractivity contribution is 0.0955. The van der Waals surface area contributed by atoms with Gasteiger partial charge in [-0.3, -0.25) is 9.78 Å². The molecule has 1 aromatic heterocycles. The second kappa shape index (κ2) is 7.69. The Morgan fingerprint density at radius 3 is 2.38 bits per heavy atom. The van der Waals surface area contributed by atoms with E-state index >= 15 is 0 Å². The van der Waals surface area contributed by atoms with Crippen LogP contribution in [0.5, 0.6) is 0 Å². The molecule has 0 bridgehead atoms. The monoisotopic (exact) mass is 316 g/mol. The zero-order valence-electron chi connectivity index (χ0n) is 12.9. The van der Waals surface area contributed by atoms with Crippen molar-refractivity contribution in [2.45, 2.75) is 0 Å². The van der Waals surface area contributed by atoms with Crippen LogP contribution in [0.15, 0.2) is 84.2 Å². The first-order chi connectivity index (χ1) is 11.8. The molecule has 0 aliphatic heterocycles. The van der Waals surface area contributed by atoms with E-state index in [2.05, 4.69) is 20.8 Å². The van der Waals surface area contributed by atoms with Gasteiger partial charge < -0.3 is 5.32 Å². The minimum absolute atomic E-state index is 0.290. The third-order valence-corrected chi connectivity index (χ3v) is 3.28. The van der Waals surface area contributed by atoms with Crippen LogP contribution in [0.2, 0.25) is 0 Å². The van der Waals surface area contributed by atoms with E-state index in [-0.39, 0.29) is 5.91 Å². The number of benzene rings is 2. The normalized spacial score (nSPS) is 10.5. The Morgan fingerprint density at radius 2 is 1.67 bits per heavy atom. The fourth-order valence-corrected chi connectivity index (χ4v) is 2.07. The van der Waals surface area contributed by atoms with Crippen molar-refractivity contribution in [2.24, 2.45) is 5.10 Å². The van der Waals surface area contributed by atoms with Crippen LogP contribution in [0, 0.1) is 0 Å². The molecule has 5 heteroatoms. The average Bonchev–Trinajstić information content (AvgIpc) is 2.65. The molecule has 0 fully saturated rings. The Morgan fingerprint density at radius 1 is 0.917 bits per heavy atom. The molecule has 3 aromatic rings. The third-order valence-electron chi connectivity index (χ3n) is 3.28. The maximum Gasteiger partial charge on any atom is 0.272 e. The van der Waals surface area contributed by atoms with Gasteiger partial charge in [0.25, 0.3) is 5.91 Å². The SMILES string of the molecule is O=C(N/N=C/c1ccc(Nc2ccccc2)cc1)c1cccnc1. The summed E-state index contributed by atoms with van der Waals surface area (Å²) < 4.78 is 0. The fourth-order valence-electron chi connectivity index (χ4n) is 2.07. The molecule has 3 rings (SSSR count). The second-order valence-electron chi connectivity index (χ2n) is 5.05. The van der Waals surface area contributed by atoms with Crippen molar-refractivity contribution in [3.8, 4) is 0 Å². The minimum Gasteiger partial charge on any atom is -0.356 e. The van der Waals surface area contributed by atoms with Gasteiger partial charge in [-0.05, 0) is 42.0 Å². The number of nitrogens with zero attached hydrogens (tertiary/aromatic N) is 2. The minimum atomic E-state index is -0.290. The van der Waals surface area contributed by atoms with Gasteiger partial charge in [-0.15, -0.1) is 0 Å². The lowest BCUT2D eigenvalue weighted by Crippen LogP contribution is -2.17. The maximum absolute atomic E-state index is 11.8. The van der Waals surface area contributed by atoms with Crippen LogP contribution in [0.25, 0.3) is 0 Å². The maximum atomic E-state index is 11.8. The number of carbonyl (C=O) groups excluding carboxylic acids is 1. The van der Waals surface area contributed by atoms with Crippen LogP contribution in [-0.2, 0) is 0 Å². The molecule has 0 unspecified atom stereocenters. The van der Waals surface area contributed by atoms with Crippen molar-refractivity contribution in [3.05, 3.63) is 90.3 Å². The van der Waals surface area contributed by atoms with Crippen LogP contribution in [0.3, 0.4) is 0 Å². The summed E-state index contributed by atoms with van der Waals surface area (Å²) in [6.07, 6.45) is 4.71. The van der Waals surface area contributed by atoms with E-state index in [1.54, 1.807) is 24.5 Å². The van der Waals surface area contributed by atoms with E-state index in [1.165, 1.54) is 6.20 Å². The van der Waals surface area contributed by atoms with Crippen LogP contribution in [-0.4, -0.2) is 17.1 Å². The summed E-state index contributed by atoms with van der Waals surface area (Å²) in [6.45, 7) is 0. The highest BCUT2D eigenvalue weighted by Gasteiger charge is 2.02. The number of para-hydroxylation sites is 1. The van der Waals surface area contributed by atoms with Crippen LogP contribution < -0.4 is 10.7 Å². The molecule has 0 aliphatic rings. The summed E-state index contributed by atoms with van der Waals surface area (Å²) in [7, 11) is 0. The zero-order chi connectivity index (χ0) is 16.6. The average molecular weight is 316 g/mol. The van der Waals surface area contributed by atoms with Gasteiger partial charge in [0, 0.05) is 23.8 Å². The van der Waals surface area contributed by atoms with Crippen molar-refractivity contribution < 1.29 is 4.79 Å². The highest BCUT2D eigenvalue weighted by atomic mass is 16.2. The largest absolute Gasteiger partial charge is 0.356 e. The van der Waals surface area contributed by atoms with Crippen molar-refractivity contribution in [1.82, 2.24) is 10.4 Å². The predicted molar refractivity (Wildman–Crippen MR) is 95.5 cm³/mol. The Balaban J connectivity index is 1.57. The van der Waals surface area contributed by atoms with Gasteiger partial charge >= 0.3 is 0 Å². The number of hydrogen-bond acceptors (Lipinski definition) is 4. The smallest absolute Gasteiger partial charge is 0.272 e. The number of rotatable bonds is 5. The summed E-state index contributed by atoms with van der Waals surface area (Å²) in [5.41, 5.74) is 5.85. The Kier molecular flexibility index (Phi) is 4.94. The molecule has 1 heterocycles. The Labute approximate surface area is 140 Å². The molecule has 24 heavy (non-hydrogen) atoms. The molecule has 1 amide bonds. The van der Waals surface area contributed by atoms with Gasteiger partial charge in [-0.1, -0.05) is 30.3 Å². The van der Waals surface area contributed by atoms with Gasteiger partial charge in [0.05, 0.1) is 11.8 Å². The van der Waals surface area contributed by atoms with E-state index in [0.717, 1.165) is 16.9 Å². The third kappa shape index (κ3) is 4.27. The lowest BCUT2D eigenvalue weighted by atomic mass is 10.2. The molecule has 0 saturated heterocycles.